The number of halogens is 1. The number of rotatable bonds is 5. The summed E-state index contributed by atoms with van der Waals surface area (Å²) < 4.78 is 10.8. The van der Waals surface area contributed by atoms with Crippen molar-refractivity contribution in [2.24, 2.45) is 0 Å². The molecule has 0 N–H and O–H groups in total. The molecule has 2 rings (SSSR count). The van der Waals surface area contributed by atoms with Crippen molar-refractivity contribution in [3.63, 3.8) is 0 Å². The van der Waals surface area contributed by atoms with Gasteiger partial charge in [-0.25, -0.2) is 4.79 Å². The van der Waals surface area contributed by atoms with Gasteiger partial charge in [-0.15, -0.1) is 0 Å². The molecule has 0 spiro atoms. The molecular weight excluding hydrogens is 346 g/mol. The first-order valence-corrected chi connectivity index (χ1v) is 6.89. The van der Waals surface area contributed by atoms with Gasteiger partial charge in [-0.1, -0.05) is 11.6 Å². The Hall–Kier alpha value is -2.88. The van der Waals surface area contributed by atoms with Crippen LogP contribution in [0.3, 0.4) is 0 Å². The van der Waals surface area contributed by atoms with Crippen molar-refractivity contribution in [1.82, 2.24) is 9.13 Å². The van der Waals surface area contributed by atoms with E-state index in [9.17, 15) is 24.5 Å². The molecule has 0 saturated carbocycles. The van der Waals surface area contributed by atoms with E-state index in [4.69, 9.17) is 11.6 Å². The Bertz CT molecular complexity index is 899. The minimum atomic E-state index is -0.800. The molecule has 128 valence electrons. The topological polar surface area (TPSA) is 123 Å². The molecule has 1 aromatic carbocycles. The number of hydrogen-bond acceptors (Lipinski definition) is 7. The number of nitro groups is 1. The molecule has 1 heterocycles. The number of nitro benzene ring substituents is 1. The standard InChI is InChI=1S/C13H12ClN3O7/c1-23-9(18)5-15-8-4-3-7(14)11(17(21)22)12(8)16(13(15)20)6-10(19)24-2/h3-4H,5-6H2,1-2H3. The Labute approximate surface area is 139 Å². The van der Waals surface area contributed by atoms with E-state index >= 15 is 0 Å². The van der Waals surface area contributed by atoms with Crippen molar-refractivity contribution >= 4 is 40.3 Å². The first kappa shape index (κ1) is 17.5. The Morgan fingerprint density at radius 2 is 1.71 bits per heavy atom. The van der Waals surface area contributed by atoms with E-state index in [1.807, 2.05) is 0 Å². The van der Waals surface area contributed by atoms with Gasteiger partial charge >= 0.3 is 23.3 Å². The largest absolute Gasteiger partial charge is 0.468 e. The van der Waals surface area contributed by atoms with Crippen LogP contribution in [0.2, 0.25) is 5.02 Å². The third kappa shape index (κ3) is 2.95. The lowest BCUT2D eigenvalue weighted by Gasteiger charge is -2.03. The summed E-state index contributed by atoms with van der Waals surface area (Å²) in [5, 5.41) is 11.1. The van der Waals surface area contributed by atoms with Crippen LogP contribution in [-0.2, 0) is 32.2 Å². The maximum Gasteiger partial charge on any atom is 0.330 e. The van der Waals surface area contributed by atoms with Crippen LogP contribution >= 0.6 is 11.6 Å². The van der Waals surface area contributed by atoms with Crippen LogP contribution in [0, 0.1) is 10.1 Å². The molecule has 0 aliphatic rings. The van der Waals surface area contributed by atoms with E-state index in [-0.39, 0.29) is 16.1 Å². The molecule has 0 radical (unpaired) electrons. The molecule has 10 nitrogen and oxygen atoms in total. The van der Waals surface area contributed by atoms with Gasteiger partial charge in [0.05, 0.1) is 24.7 Å². The normalized spacial score (nSPS) is 10.6. The van der Waals surface area contributed by atoms with E-state index in [2.05, 4.69) is 9.47 Å². The maximum atomic E-state index is 12.5. The van der Waals surface area contributed by atoms with Crippen molar-refractivity contribution in [2.75, 3.05) is 14.2 Å². The zero-order valence-electron chi connectivity index (χ0n) is 12.6. The molecule has 0 fully saturated rings. The molecule has 0 aliphatic heterocycles. The smallest absolute Gasteiger partial charge is 0.330 e. The fraction of sp³-hybridized carbons (Fsp3) is 0.308. The summed E-state index contributed by atoms with van der Waals surface area (Å²) in [6.45, 7) is -1.04. The van der Waals surface area contributed by atoms with Crippen molar-refractivity contribution in [2.45, 2.75) is 13.1 Å². The molecule has 0 amide bonds. The predicted octanol–water partition coefficient (Wildman–Crippen LogP) is 0.711. The number of imidazole rings is 1. The summed E-state index contributed by atoms with van der Waals surface area (Å²) in [5.74, 6) is -1.52. The lowest BCUT2D eigenvalue weighted by atomic mass is 10.2. The van der Waals surface area contributed by atoms with Gasteiger partial charge in [-0.3, -0.25) is 28.8 Å². The number of fused-ring (bicyclic) bond motifs is 1. The van der Waals surface area contributed by atoms with E-state index in [1.54, 1.807) is 0 Å². The Morgan fingerprint density at radius 1 is 1.17 bits per heavy atom. The van der Waals surface area contributed by atoms with Crippen LogP contribution in [0.1, 0.15) is 0 Å². The van der Waals surface area contributed by atoms with Crippen molar-refractivity contribution in [3.8, 4) is 0 Å². The molecule has 24 heavy (non-hydrogen) atoms. The quantitative estimate of drug-likeness (QED) is 0.438. The van der Waals surface area contributed by atoms with Gasteiger partial charge in [0.1, 0.15) is 18.1 Å². The molecular formula is C13H12ClN3O7. The number of carbonyl (C=O) groups is 2. The number of nitrogens with zero attached hydrogens (tertiary/aromatic N) is 3. The zero-order chi connectivity index (χ0) is 18.0. The highest BCUT2D eigenvalue weighted by Crippen LogP contribution is 2.32. The van der Waals surface area contributed by atoms with Gasteiger partial charge in [-0.05, 0) is 12.1 Å². The molecule has 0 aliphatic carbocycles. The molecule has 11 heteroatoms. The number of esters is 2. The zero-order valence-corrected chi connectivity index (χ0v) is 13.4. The highest BCUT2D eigenvalue weighted by molar-refractivity contribution is 6.34. The van der Waals surface area contributed by atoms with Crippen LogP contribution in [-0.4, -0.2) is 40.2 Å². The summed E-state index contributed by atoms with van der Waals surface area (Å²) in [4.78, 5) is 46.1. The second-order valence-electron chi connectivity index (χ2n) is 4.63. The number of methoxy groups -OCH3 is 2. The van der Waals surface area contributed by atoms with Crippen LogP contribution in [0.15, 0.2) is 16.9 Å². The average Bonchev–Trinajstić information content (AvgIpc) is 2.79. The summed E-state index contributed by atoms with van der Waals surface area (Å²) in [6.07, 6.45) is 0. The number of ether oxygens (including phenoxy) is 2. The minimum Gasteiger partial charge on any atom is -0.468 e. The SMILES string of the molecule is COC(=O)Cn1c(=O)n(CC(=O)OC)c2c([N+](=O)[O-])c(Cl)ccc21. The average molecular weight is 358 g/mol. The highest BCUT2D eigenvalue weighted by Gasteiger charge is 2.27. The number of hydrogen-bond donors (Lipinski definition) is 0. The third-order valence-electron chi connectivity index (χ3n) is 3.32. The Kier molecular flexibility index (Phi) is 4.88. The van der Waals surface area contributed by atoms with E-state index in [0.29, 0.717) is 0 Å². The van der Waals surface area contributed by atoms with Gasteiger partial charge in [0, 0.05) is 0 Å². The summed E-state index contributed by atoms with van der Waals surface area (Å²) >= 11 is 5.86. The molecule has 0 saturated heterocycles. The monoisotopic (exact) mass is 357 g/mol. The van der Waals surface area contributed by atoms with E-state index in [0.717, 1.165) is 23.4 Å². The molecule has 0 bridgehead atoms. The second-order valence-corrected chi connectivity index (χ2v) is 5.04. The summed E-state index contributed by atoms with van der Waals surface area (Å²) in [6, 6.07) is 2.58. The van der Waals surface area contributed by atoms with Crippen molar-refractivity contribution in [1.29, 1.82) is 0 Å². The number of benzene rings is 1. The second kappa shape index (κ2) is 6.71. The van der Waals surface area contributed by atoms with Gasteiger partial charge in [0.2, 0.25) is 0 Å². The van der Waals surface area contributed by atoms with Crippen LogP contribution in [0.5, 0.6) is 0 Å². The fourth-order valence-corrected chi connectivity index (χ4v) is 2.45. The number of carbonyl (C=O) groups excluding carboxylic acids is 2. The first-order valence-electron chi connectivity index (χ1n) is 6.51. The van der Waals surface area contributed by atoms with Crippen molar-refractivity contribution < 1.29 is 24.0 Å². The molecule has 0 unspecified atom stereocenters. The number of aromatic nitrogens is 2. The van der Waals surface area contributed by atoms with E-state index < -0.39 is 41.3 Å². The third-order valence-corrected chi connectivity index (χ3v) is 3.62. The maximum absolute atomic E-state index is 12.5. The van der Waals surface area contributed by atoms with Gasteiger partial charge in [-0.2, -0.15) is 0 Å². The van der Waals surface area contributed by atoms with Gasteiger partial charge in [0.15, 0.2) is 5.52 Å². The Balaban J connectivity index is 2.86. The first-order chi connectivity index (χ1) is 11.3. The highest BCUT2D eigenvalue weighted by atomic mass is 35.5. The van der Waals surface area contributed by atoms with Gasteiger partial charge in [0.25, 0.3) is 0 Å². The molecule has 0 atom stereocenters. The predicted molar refractivity (Wildman–Crippen MR) is 81.9 cm³/mol. The van der Waals surface area contributed by atoms with Crippen LogP contribution in [0.4, 0.5) is 5.69 Å². The van der Waals surface area contributed by atoms with Crippen LogP contribution in [0.25, 0.3) is 11.0 Å². The van der Waals surface area contributed by atoms with E-state index in [1.165, 1.54) is 12.1 Å². The van der Waals surface area contributed by atoms with Crippen LogP contribution < -0.4 is 5.69 Å². The Morgan fingerprint density at radius 3 is 2.21 bits per heavy atom. The minimum absolute atomic E-state index is 0.0744. The lowest BCUT2D eigenvalue weighted by molar-refractivity contribution is -0.383. The summed E-state index contributed by atoms with van der Waals surface area (Å²) in [5.41, 5.74) is -1.44. The molecule has 1 aromatic heterocycles. The molecule has 2 aromatic rings. The van der Waals surface area contributed by atoms with Crippen molar-refractivity contribution in [3.05, 3.63) is 37.8 Å². The van der Waals surface area contributed by atoms with Gasteiger partial charge < -0.3 is 9.47 Å². The lowest BCUT2D eigenvalue weighted by Crippen LogP contribution is -2.29. The fourth-order valence-electron chi connectivity index (χ4n) is 2.23. The summed E-state index contributed by atoms with van der Waals surface area (Å²) in [7, 11) is 2.25.